The van der Waals surface area contributed by atoms with Crippen LogP contribution in [0, 0.1) is 12.3 Å². The molecule has 2 nitrogen and oxygen atoms in total. The number of pyridine rings is 1. The summed E-state index contributed by atoms with van der Waals surface area (Å²) in [5.74, 6) is 0. The standard InChI is InChI=1S/C29H27NO/c1-19-9-11-22(26-13-10-20(18-30-26)17-29(2,3)4)16-24(19)21-12-14-28-25(15-21)23-7-5-6-8-27(23)31-28/h5-16,18H,17H2,1-4H3/i1D3,17D2. The lowest BCUT2D eigenvalue weighted by Crippen LogP contribution is -2.09. The Hall–Kier alpha value is -3.39. The summed E-state index contributed by atoms with van der Waals surface area (Å²) < 4.78 is 47.3. The van der Waals surface area contributed by atoms with Gasteiger partial charge in [-0.1, -0.05) is 63.2 Å². The van der Waals surface area contributed by atoms with Crippen LogP contribution in [0.25, 0.3) is 44.3 Å². The van der Waals surface area contributed by atoms with Crippen LogP contribution in [-0.4, -0.2) is 4.98 Å². The van der Waals surface area contributed by atoms with Crippen LogP contribution in [0.15, 0.2) is 83.4 Å². The van der Waals surface area contributed by atoms with Crippen molar-refractivity contribution in [2.75, 3.05) is 0 Å². The number of para-hydroxylation sites is 1. The van der Waals surface area contributed by atoms with Gasteiger partial charge in [-0.25, -0.2) is 0 Å². The second-order valence-electron chi connectivity index (χ2n) is 8.88. The highest BCUT2D eigenvalue weighted by atomic mass is 16.3. The van der Waals surface area contributed by atoms with Crippen LogP contribution in [0.2, 0.25) is 0 Å². The van der Waals surface area contributed by atoms with E-state index in [9.17, 15) is 0 Å². The molecule has 5 aromatic rings. The molecule has 0 aliphatic heterocycles. The van der Waals surface area contributed by atoms with Gasteiger partial charge in [-0.15, -0.1) is 0 Å². The largest absolute Gasteiger partial charge is 0.456 e. The molecule has 0 unspecified atom stereocenters. The Bertz CT molecular complexity index is 1570. The minimum atomic E-state index is -2.29. The number of rotatable bonds is 3. The fourth-order valence-corrected chi connectivity index (χ4v) is 3.91. The number of aromatic nitrogens is 1. The van der Waals surface area contributed by atoms with Gasteiger partial charge in [0.15, 0.2) is 0 Å². The summed E-state index contributed by atoms with van der Waals surface area (Å²) >= 11 is 0. The fourth-order valence-electron chi connectivity index (χ4n) is 3.91. The quantitative estimate of drug-likeness (QED) is 0.299. The maximum absolute atomic E-state index is 8.50. The smallest absolute Gasteiger partial charge is 0.135 e. The highest BCUT2D eigenvalue weighted by Gasteiger charge is 2.13. The van der Waals surface area contributed by atoms with E-state index in [0.29, 0.717) is 16.8 Å². The molecule has 0 fully saturated rings. The van der Waals surface area contributed by atoms with Crippen LogP contribution in [0.4, 0.5) is 0 Å². The predicted octanol–water partition coefficient (Wildman–Crippen LogP) is 8.21. The van der Waals surface area contributed by atoms with Gasteiger partial charge in [-0.2, -0.15) is 0 Å². The summed E-state index contributed by atoms with van der Waals surface area (Å²) in [6.45, 7) is 3.30. The van der Waals surface area contributed by atoms with Gasteiger partial charge in [0.2, 0.25) is 0 Å². The van der Waals surface area contributed by atoms with Crippen LogP contribution in [0.3, 0.4) is 0 Å². The molecule has 0 atom stereocenters. The second kappa shape index (κ2) is 7.39. The van der Waals surface area contributed by atoms with Gasteiger partial charge >= 0.3 is 0 Å². The van der Waals surface area contributed by atoms with Gasteiger partial charge < -0.3 is 4.42 Å². The number of nitrogens with zero attached hydrogens (tertiary/aromatic N) is 1. The van der Waals surface area contributed by atoms with Crippen LogP contribution in [0.1, 0.15) is 38.8 Å². The molecule has 0 saturated carbocycles. The molecule has 3 aromatic carbocycles. The van der Waals surface area contributed by atoms with Crippen LogP contribution in [0.5, 0.6) is 0 Å². The van der Waals surface area contributed by atoms with Gasteiger partial charge in [0.25, 0.3) is 0 Å². The highest BCUT2D eigenvalue weighted by molar-refractivity contribution is 6.06. The monoisotopic (exact) mass is 410 g/mol. The van der Waals surface area contributed by atoms with E-state index >= 15 is 0 Å². The first-order valence-electron chi connectivity index (χ1n) is 12.9. The van der Waals surface area contributed by atoms with Gasteiger partial charge in [-0.05, 0) is 71.2 Å². The Morgan fingerprint density at radius 2 is 1.68 bits per heavy atom. The van der Waals surface area contributed by atoms with E-state index in [-0.39, 0.29) is 5.56 Å². The van der Waals surface area contributed by atoms with Crippen molar-refractivity contribution in [2.24, 2.45) is 5.41 Å². The minimum absolute atomic E-state index is 0.263. The molecule has 31 heavy (non-hydrogen) atoms. The number of benzene rings is 3. The molecule has 0 N–H and O–H groups in total. The average molecular weight is 411 g/mol. The lowest BCUT2D eigenvalue weighted by Gasteiger charge is -2.18. The predicted molar refractivity (Wildman–Crippen MR) is 130 cm³/mol. The van der Waals surface area contributed by atoms with Crippen molar-refractivity contribution in [3.63, 3.8) is 0 Å². The van der Waals surface area contributed by atoms with Crippen molar-refractivity contribution >= 4 is 21.9 Å². The second-order valence-corrected chi connectivity index (χ2v) is 8.88. The lowest BCUT2D eigenvalue weighted by atomic mass is 9.88. The number of furan rings is 1. The first-order valence-corrected chi connectivity index (χ1v) is 10.4. The summed E-state index contributed by atoms with van der Waals surface area (Å²) in [5, 5.41) is 1.91. The molecular weight excluding hydrogens is 378 g/mol. The maximum Gasteiger partial charge on any atom is 0.135 e. The molecular formula is C29H27NO. The summed E-state index contributed by atoms with van der Waals surface area (Å²) in [7, 11) is 0. The number of aryl methyl sites for hydroxylation is 1. The molecule has 0 saturated heterocycles. The van der Waals surface area contributed by atoms with Crippen molar-refractivity contribution in [3.8, 4) is 22.4 Å². The molecule has 2 heterocycles. The van der Waals surface area contributed by atoms with E-state index in [1.54, 1.807) is 30.5 Å². The Morgan fingerprint density at radius 3 is 2.45 bits per heavy atom. The van der Waals surface area contributed by atoms with E-state index in [1.165, 1.54) is 0 Å². The first kappa shape index (κ1) is 14.6. The Balaban J connectivity index is 1.63. The molecule has 0 amide bonds. The molecule has 0 aliphatic carbocycles. The Morgan fingerprint density at radius 1 is 0.871 bits per heavy atom. The first-order chi connectivity index (χ1) is 16.9. The van der Waals surface area contributed by atoms with Crippen molar-refractivity contribution in [2.45, 2.75) is 34.0 Å². The van der Waals surface area contributed by atoms with Crippen LogP contribution >= 0.6 is 0 Å². The van der Waals surface area contributed by atoms with Crippen molar-refractivity contribution in [1.82, 2.24) is 4.98 Å². The lowest BCUT2D eigenvalue weighted by molar-refractivity contribution is 0.411. The molecule has 2 aromatic heterocycles. The number of hydrogen-bond acceptors (Lipinski definition) is 2. The number of fused-ring (bicyclic) bond motifs is 3. The SMILES string of the molecule is [2H]C([2H])([2H])c1ccc(-c2ccc(C([2H])([2H])C(C)(C)C)cn2)cc1-c1ccc2oc3ccccc3c2c1. The molecule has 0 spiro atoms. The normalized spacial score (nSPS) is 15.3. The van der Waals surface area contributed by atoms with Gasteiger partial charge in [0.1, 0.15) is 11.2 Å². The minimum Gasteiger partial charge on any atom is -0.456 e. The third kappa shape index (κ3) is 3.86. The molecule has 5 rings (SSSR count). The number of hydrogen-bond donors (Lipinski definition) is 0. The third-order valence-electron chi connectivity index (χ3n) is 5.29. The zero-order chi connectivity index (χ0) is 25.9. The van der Waals surface area contributed by atoms with Crippen molar-refractivity contribution in [3.05, 3.63) is 90.1 Å². The van der Waals surface area contributed by atoms with Crippen molar-refractivity contribution in [1.29, 1.82) is 0 Å². The topological polar surface area (TPSA) is 26.0 Å². The van der Waals surface area contributed by atoms with Crippen LogP contribution < -0.4 is 0 Å². The maximum atomic E-state index is 8.50. The Kier molecular flexibility index (Phi) is 3.48. The summed E-state index contributed by atoms with van der Waals surface area (Å²) in [5.41, 5.74) is 4.52. The third-order valence-corrected chi connectivity index (χ3v) is 5.29. The Labute approximate surface area is 190 Å². The van der Waals surface area contributed by atoms with Gasteiger partial charge in [-0.3, -0.25) is 4.98 Å². The van der Waals surface area contributed by atoms with E-state index in [0.717, 1.165) is 33.1 Å². The van der Waals surface area contributed by atoms with E-state index in [2.05, 4.69) is 4.98 Å². The zero-order valence-corrected chi connectivity index (χ0v) is 17.9. The van der Waals surface area contributed by atoms with E-state index < -0.39 is 18.6 Å². The van der Waals surface area contributed by atoms with E-state index in [1.807, 2.05) is 69.3 Å². The summed E-state index contributed by atoms with van der Waals surface area (Å²) in [6.07, 6.45) is 0.0270. The highest BCUT2D eigenvalue weighted by Crippen LogP contribution is 2.35. The molecule has 0 bridgehead atoms. The zero-order valence-electron chi connectivity index (χ0n) is 22.9. The van der Waals surface area contributed by atoms with Crippen LogP contribution in [-0.2, 0) is 6.37 Å². The molecule has 2 heteroatoms. The molecule has 0 aliphatic rings. The fraction of sp³-hybridized carbons (Fsp3) is 0.207. The molecule has 0 radical (unpaired) electrons. The summed E-state index contributed by atoms with van der Waals surface area (Å²) in [6, 6.07) is 22.3. The molecule has 154 valence electrons. The summed E-state index contributed by atoms with van der Waals surface area (Å²) in [4.78, 5) is 4.54. The van der Waals surface area contributed by atoms with Gasteiger partial charge in [0.05, 0.1) is 5.69 Å². The van der Waals surface area contributed by atoms with Gasteiger partial charge in [0, 0.05) is 29.4 Å². The average Bonchev–Trinajstić information content (AvgIpc) is 3.20. The van der Waals surface area contributed by atoms with E-state index in [4.69, 9.17) is 11.3 Å². The van der Waals surface area contributed by atoms with Crippen molar-refractivity contribution < 1.29 is 11.3 Å².